The Bertz CT molecular complexity index is 721. The van der Waals surface area contributed by atoms with Crippen molar-refractivity contribution >= 4 is 39.4 Å². The summed E-state index contributed by atoms with van der Waals surface area (Å²) in [7, 11) is 0. The third kappa shape index (κ3) is 4.38. The zero-order valence-corrected chi connectivity index (χ0v) is 13.0. The topological polar surface area (TPSA) is 59.6 Å². The second kappa shape index (κ2) is 6.91. The van der Waals surface area contributed by atoms with Gasteiger partial charge in [-0.2, -0.15) is 13.2 Å². The normalized spacial score (nSPS) is 13.2. The molecule has 0 spiro atoms. The van der Waals surface area contributed by atoms with Gasteiger partial charge in [-0.3, -0.25) is 14.6 Å². The molecule has 0 saturated carbocycles. The van der Waals surface area contributed by atoms with Crippen molar-refractivity contribution in [1.29, 1.82) is 0 Å². The molecule has 0 N–H and O–H groups in total. The highest BCUT2D eigenvalue weighted by Gasteiger charge is 2.46. The summed E-state index contributed by atoms with van der Waals surface area (Å²) >= 11 is 3.20. The van der Waals surface area contributed by atoms with Crippen molar-refractivity contribution in [2.45, 2.75) is 6.18 Å². The van der Waals surface area contributed by atoms with Crippen LogP contribution in [0.1, 0.15) is 10.6 Å². The van der Waals surface area contributed by atoms with Crippen molar-refractivity contribution in [3.05, 3.63) is 52.9 Å². The van der Waals surface area contributed by atoms with E-state index in [0.29, 0.717) is 11.9 Å². The zero-order valence-electron chi connectivity index (χ0n) is 11.4. The number of benzene rings is 1. The van der Waals surface area contributed by atoms with Crippen LogP contribution in [0.3, 0.4) is 0 Å². The zero-order chi connectivity index (χ0) is 17.0. The number of carbonyl (C=O) groups excluding carboxylic acids is 2. The Morgan fingerprint density at radius 3 is 2.35 bits per heavy atom. The minimum Gasteiger partial charge on any atom is -0.461 e. The van der Waals surface area contributed by atoms with Crippen LogP contribution in [0.2, 0.25) is 0 Å². The lowest BCUT2D eigenvalue weighted by atomic mass is 9.98. The van der Waals surface area contributed by atoms with Crippen molar-refractivity contribution in [3.8, 4) is 0 Å². The molecule has 2 aromatic rings. The largest absolute Gasteiger partial charge is 0.461 e. The Morgan fingerprint density at radius 2 is 1.83 bits per heavy atom. The minimum absolute atomic E-state index is 0.306. The van der Waals surface area contributed by atoms with Crippen LogP contribution >= 0.6 is 15.9 Å². The van der Waals surface area contributed by atoms with E-state index in [4.69, 9.17) is 4.42 Å². The molecule has 0 aliphatic rings. The molecule has 1 unspecified atom stereocenters. The number of halogens is 4. The molecule has 4 nitrogen and oxygen atoms in total. The molecule has 1 aromatic carbocycles. The number of Topliss-reactive ketones (excluding diaryl/α,β-unsaturated/α-hetero) is 2. The van der Waals surface area contributed by atoms with Gasteiger partial charge in [0.05, 0.1) is 12.0 Å². The average molecular weight is 388 g/mol. The van der Waals surface area contributed by atoms with E-state index in [9.17, 15) is 22.8 Å². The Morgan fingerprint density at radius 1 is 1.17 bits per heavy atom. The molecule has 0 radical (unpaired) electrons. The van der Waals surface area contributed by atoms with E-state index in [1.807, 2.05) is 0 Å². The van der Waals surface area contributed by atoms with E-state index in [0.717, 1.165) is 10.7 Å². The summed E-state index contributed by atoms with van der Waals surface area (Å²) < 4.78 is 43.6. The van der Waals surface area contributed by atoms with Crippen LogP contribution in [0.25, 0.3) is 0 Å². The Balaban J connectivity index is 2.32. The smallest absolute Gasteiger partial charge is 0.451 e. The molecule has 0 aliphatic heterocycles. The average Bonchev–Trinajstić information content (AvgIpc) is 3.02. The number of hydrogen-bond acceptors (Lipinski definition) is 4. The Hall–Kier alpha value is -2.22. The van der Waals surface area contributed by atoms with Gasteiger partial charge >= 0.3 is 6.18 Å². The fourth-order valence-corrected chi connectivity index (χ4v) is 1.95. The standard InChI is InChI=1S/C15H9BrF3NO3/c16-9-3-5-10(6-4-9)20-8-11(14(22)15(17,18)19)13(21)12-2-1-7-23-12/h1-8,11H. The van der Waals surface area contributed by atoms with Crippen LogP contribution in [0, 0.1) is 5.92 Å². The van der Waals surface area contributed by atoms with Crippen molar-refractivity contribution in [1.82, 2.24) is 0 Å². The number of carbonyl (C=O) groups is 2. The SMILES string of the molecule is O=C(c1ccco1)C(C=Nc1ccc(Br)cc1)C(=O)C(F)(F)F. The lowest BCUT2D eigenvalue weighted by molar-refractivity contribution is -0.171. The van der Waals surface area contributed by atoms with E-state index < -0.39 is 23.7 Å². The fraction of sp³-hybridized carbons (Fsp3) is 0.133. The predicted molar refractivity (Wildman–Crippen MR) is 79.9 cm³/mol. The molecule has 8 heteroatoms. The molecular weight excluding hydrogens is 379 g/mol. The molecule has 0 saturated heterocycles. The van der Waals surface area contributed by atoms with Gasteiger partial charge in [-0.1, -0.05) is 15.9 Å². The van der Waals surface area contributed by atoms with Gasteiger partial charge in [-0.05, 0) is 36.4 Å². The summed E-state index contributed by atoms with van der Waals surface area (Å²) in [6.45, 7) is 0. The highest BCUT2D eigenvalue weighted by Crippen LogP contribution is 2.24. The van der Waals surface area contributed by atoms with Crippen LogP contribution in [-0.4, -0.2) is 24.0 Å². The highest BCUT2D eigenvalue weighted by atomic mass is 79.9. The van der Waals surface area contributed by atoms with E-state index in [2.05, 4.69) is 20.9 Å². The summed E-state index contributed by atoms with van der Waals surface area (Å²) in [5, 5.41) is 0. The van der Waals surface area contributed by atoms with E-state index in [1.54, 1.807) is 12.1 Å². The van der Waals surface area contributed by atoms with Gasteiger partial charge in [0.25, 0.3) is 5.78 Å². The first-order valence-electron chi connectivity index (χ1n) is 6.27. The number of hydrogen-bond donors (Lipinski definition) is 0. The first-order chi connectivity index (χ1) is 10.8. The number of ketones is 2. The second-order valence-electron chi connectivity index (χ2n) is 4.44. The third-order valence-corrected chi connectivity index (χ3v) is 3.34. The van der Waals surface area contributed by atoms with Gasteiger partial charge in [0.1, 0.15) is 5.92 Å². The summed E-state index contributed by atoms with van der Waals surface area (Å²) in [6.07, 6.45) is -3.34. The monoisotopic (exact) mass is 387 g/mol. The number of aliphatic imine (C=N–C) groups is 1. The van der Waals surface area contributed by atoms with Crippen molar-refractivity contribution in [3.63, 3.8) is 0 Å². The molecule has 120 valence electrons. The molecule has 1 aromatic heterocycles. The molecule has 1 heterocycles. The maximum Gasteiger partial charge on any atom is 0.451 e. The summed E-state index contributed by atoms with van der Waals surface area (Å²) in [5.74, 6) is -5.72. The van der Waals surface area contributed by atoms with E-state index in [-0.39, 0.29) is 5.76 Å². The predicted octanol–water partition coefficient (Wildman–Crippen LogP) is 4.37. The maximum absolute atomic E-state index is 12.7. The van der Waals surface area contributed by atoms with Crippen LogP contribution in [-0.2, 0) is 4.79 Å². The van der Waals surface area contributed by atoms with Gasteiger partial charge < -0.3 is 4.42 Å². The van der Waals surface area contributed by atoms with E-state index in [1.165, 1.54) is 24.3 Å². The molecule has 23 heavy (non-hydrogen) atoms. The fourth-order valence-electron chi connectivity index (χ4n) is 1.69. The first-order valence-corrected chi connectivity index (χ1v) is 7.07. The van der Waals surface area contributed by atoms with Crippen LogP contribution < -0.4 is 0 Å². The first kappa shape index (κ1) is 17.1. The molecule has 0 aliphatic carbocycles. The summed E-state index contributed by atoms with van der Waals surface area (Å²) in [5.41, 5.74) is 0.306. The lowest BCUT2D eigenvalue weighted by Crippen LogP contribution is -2.36. The van der Waals surface area contributed by atoms with Gasteiger partial charge in [0.2, 0.25) is 5.78 Å². The minimum atomic E-state index is -5.15. The molecule has 1 atom stereocenters. The van der Waals surface area contributed by atoms with Crippen molar-refractivity contribution in [2.75, 3.05) is 0 Å². The van der Waals surface area contributed by atoms with Crippen molar-refractivity contribution in [2.24, 2.45) is 10.9 Å². The van der Waals surface area contributed by atoms with Crippen molar-refractivity contribution < 1.29 is 27.2 Å². The van der Waals surface area contributed by atoms with Gasteiger partial charge in [-0.15, -0.1) is 0 Å². The Kier molecular flexibility index (Phi) is 5.15. The molecule has 0 bridgehead atoms. The molecule has 2 rings (SSSR count). The third-order valence-electron chi connectivity index (χ3n) is 2.81. The number of alkyl halides is 3. The molecule has 0 amide bonds. The summed E-state index contributed by atoms with van der Waals surface area (Å²) in [4.78, 5) is 27.3. The number of rotatable bonds is 5. The van der Waals surface area contributed by atoms with Crippen LogP contribution in [0.15, 0.2) is 56.5 Å². The quantitative estimate of drug-likeness (QED) is 0.434. The highest BCUT2D eigenvalue weighted by molar-refractivity contribution is 9.10. The summed E-state index contributed by atoms with van der Waals surface area (Å²) in [6, 6.07) is 8.82. The lowest BCUT2D eigenvalue weighted by Gasteiger charge is -2.11. The van der Waals surface area contributed by atoms with Crippen LogP contribution in [0.4, 0.5) is 18.9 Å². The van der Waals surface area contributed by atoms with Crippen LogP contribution in [0.5, 0.6) is 0 Å². The molecular formula is C15H9BrF3NO3. The molecule has 0 fully saturated rings. The number of nitrogens with zero attached hydrogens (tertiary/aromatic N) is 1. The Labute approximate surface area is 137 Å². The van der Waals surface area contributed by atoms with Gasteiger partial charge in [-0.25, -0.2) is 0 Å². The van der Waals surface area contributed by atoms with Gasteiger partial charge in [0, 0.05) is 10.7 Å². The maximum atomic E-state index is 12.7. The van der Waals surface area contributed by atoms with Gasteiger partial charge in [0.15, 0.2) is 5.76 Å². The number of furan rings is 1. The second-order valence-corrected chi connectivity index (χ2v) is 5.35. The van der Waals surface area contributed by atoms with E-state index >= 15 is 0 Å².